The molecule has 0 saturated heterocycles. The van der Waals surface area contributed by atoms with Crippen LogP contribution in [0.2, 0.25) is 5.02 Å². The fourth-order valence-electron chi connectivity index (χ4n) is 2.58. The maximum absolute atomic E-state index is 12.5. The molecular formula is C19H20ClNO6. The van der Waals surface area contributed by atoms with Gasteiger partial charge < -0.3 is 23.8 Å². The van der Waals surface area contributed by atoms with E-state index in [1.807, 2.05) is 0 Å². The van der Waals surface area contributed by atoms with Crippen LogP contribution in [-0.4, -0.2) is 40.4 Å². The third-order valence-electron chi connectivity index (χ3n) is 3.83. The Kier molecular flexibility index (Phi) is 7.18. The van der Waals surface area contributed by atoms with Gasteiger partial charge in [0.05, 0.1) is 19.8 Å². The Labute approximate surface area is 162 Å². The highest BCUT2D eigenvalue weighted by Crippen LogP contribution is 2.33. The maximum Gasteiger partial charge on any atom is 0.355 e. The fraction of sp³-hybridized carbons (Fsp3) is 0.263. The van der Waals surface area contributed by atoms with E-state index in [-0.39, 0.29) is 11.3 Å². The van der Waals surface area contributed by atoms with Crippen molar-refractivity contribution in [3.8, 4) is 0 Å². The molecule has 1 heterocycles. The summed E-state index contributed by atoms with van der Waals surface area (Å²) in [6, 6.07) is 5.05. The Morgan fingerprint density at radius 3 is 2.26 bits per heavy atom. The van der Waals surface area contributed by atoms with E-state index in [4.69, 9.17) is 30.5 Å². The molecule has 0 radical (unpaired) electrons. The molecule has 0 amide bonds. The van der Waals surface area contributed by atoms with Gasteiger partial charge >= 0.3 is 11.9 Å². The summed E-state index contributed by atoms with van der Waals surface area (Å²) in [4.78, 5) is 26.2. The lowest BCUT2D eigenvalue weighted by Crippen LogP contribution is -2.27. The molecule has 7 nitrogen and oxygen atoms in total. The molecular weight excluding hydrogens is 374 g/mol. The van der Waals surface area contributed by atoms with E-state index in [0.29, 0.717) is 16.3 Å². The largest absolute Gasteiger partial charge is 0.465 e. The number of carbonyl (C=O) groups excluding carboxylic acids is 2. The highest BCUT2D eigenvalue weighted by atomic mass is 35.5. The molecule has 0 aromatic heterocycles. The van der Waals surface area contributed by atoms with E-state index in [2.05, 4.69) is 0 Å². The first kappa shape index (κ1) is 20.7. The average Bonchev–Trinajstić information content (AvgIpc) is 2.92. The molecule has 1 aliphatic heterocycles. The summed E-state index contributed by atoms with van der Waals surface area (Å²) in [5.74, 6) is -1.36. The second-order valence-electron chi connectivity index (χ2n) is 5.33. The molecule has 1 aromatic carbocycles. The molecule has 0 unspecified atom stereocenters. The van der Waals surface area contributed by atoms with Gasteiger partial charge in [0, 0.05) is 36.7 Å². The molecule has 0 bridgehead atoms. The number of ether oxygens (including phenoxy) is 4. The zero-order chi connectivity index (χ0) is 20.0. The predicted molar refractivity (Wildman–Crippen MR) is 100 cm³/mol. The minimum absolute atomic E-state index is 0.00834. The lowest BCUT2D eigenvalue weighted by atomic mass is 10.1. The van der Waals surface area contributed by atoms with Crippen LogP contribution in [0.15, 0.2) is 53.9 Å². The van der Waals surface area contributed by atoms with Crippen LogP contribution in [0, 0.1) is 0 Å². The van der Waals surface area contributed by atoms with Gasteiger partial charge in [0.25, 0.3) is 0 Å². The topological polar surface area (TPSA) is 74.3 Å². The zero-order valence-corrected chi connectivity index (χ0v) is 16.1. The van der Waals surface area contributed by atoms with Crippen molar-refractivity contribution in [3.05, 3.63) is 64.5 Å². The first-order valence-corrected chi connectivity index (χ1v) is 8.26. The SMILES string of the molecule is COC(=O)C1=C(C(=O)OC)N(c2ccc(Cl)c(C(OC)OC)c2)C=CC=C1. The molecule has 0 aliphatic carbocycles. The molecule has 144 valence electrons. The van der Waals surface area contributed by atoms with Gasteiger partial charge in [-0.3, -0.25) is 0 Å². The Bertz CT molecular complexity index is 810. The van der Waals surface area contributed by atoms with E-state index in [1.54, 1.807) is 36.6 Å². The first-order valence-electron chi connectivity index (χ1n) is 7.88. The molecule has 0 fully saturated rings. The lowest BCUT2D eigenvalue weighted by Gasteiger charge is -2.25. The number of hydrogen-bond donors (Lipinski definition) is 0. The third kappa shape index (κ3) is 4.39. The number of benzene rings is 1. The number of anilines is 1. The summed E-state index contributed by atoms with van der Waals surface area (Å²) in [5.41, 5.74) is 1.18. The van der Waals surface area contributed by atoms with Crippen molar-refractivity contribution in [1.82, 2.24) is 0 Å². The van der Waals surface area contributed by atoms with Crippen molar-refractivity contribution in [2.75, 3.05) is 33.3 Å². The summed E-state index contributed by atoms with van der Waals surface area (Å²) >= 11 is 6.26. The standard InChI is InChI=1S/C19H20ClNO6/c1-24-17(22)13-7-5-6-10-21(16(13)18(23)25-2)12-8-9-15(20)14(11-12)19(26-3)27-4/h5-11,19H,1-4H3. The van der Waals surface area contributed by atoms with Crippen molar-refractivity contribution >= 4 is 29.2 Å². The van der Waals surface area contributed by atoms with Crippen LogP contribution in [0.25, 0.3) is 0 Å². The Balaban J connectivity index is 2.65. The lowest BCUT2D eigenvalue weighted by molar-refractivity contribution is -0.139. The number of rotatable bonds is 6. The number of methoxy groups -OCH3 is 4. The van der Waals surface area contributed by atoms with Crippen LogP contribution >= 0.6 is 11.6 Å². The highest BCUT2D eigenvalue weighted by molar-refractivity contribution is 6.31. The zero-order valence-electron chi connectivity index (χ0n) is 15.4. The predicted octanol–water partition coefficient (Wildman–Crippen LogP) is 3.12. The second-order valence-corrected chi connectivity index (χ2v) is 5.73. The normalized spacial score (nSPS) is 13.8. The van der Waals surface area contributed by atoms with Crippen molar-refractivity contribution in [2.24, 2.45) is 0 Å². The highest BCUT2D eigenvalue weighted by Gasteiger charge is 2.28. The monoisotopic (exact) mass is 393 g/mol. The number of hydrogen-bond acceptors (Lipinski definition) is 7. The molecule has 1 aliphatic rings. The van der Waals surface area contributed by atoms with Gasteiger partial charge in [-0.15, -0.1) is 0 Å². The van der Waals surface area contributed by atoms with Crippen LogP contribution in [-0.2, 0) is 28.5 Å². The second kappa shape index (κ2) is 9.36. The van der Waals surface area contributed by atoms with E-state index < -0.39 is 18.2 Å². The van der Waals surface area contributed by atoms with Crippen LogP contribution in [0.1, 0.15) is 11.9 Å². The van der Waals surface area contributed by atoms with Crippen LogP contribution in [0.4, 0.5) is 5.69 Å². The minimum atomic E-state index is -0.697. The number of allylic oxidation sites excluding steroid dienone is 2. The molecule has 0 atom stereocenters. The van der Waals surface area contributed by atoms with Gasteiger partial charge in [0.15, 0.2) is 6.29 Å². The van der Waals surface area contributed by atoms with Gasteiger partial charge in [-0.2, -0.15) is 0 Å². The Morgan fingerprint density at radius 2 is 1.67 bits per heavy atom. The number of nitrogens with zero attached hydrogens (tertiary/aromatic N) is 1. The molecule has 0 spiro atoms. The van der Waals surface area contributed by atoms with Gasteiger partial charge in [-0.05, 0) is 30.4 Å². The Morgan fingerprint density at radius 1 is 1.00 bits per heavy atom. The molecule has 0 N–H and O–H groups in total. The van der Waals surface area contributed by atoms with E-state index in [9.17, 15) is 9.59 Å². The van der Waals surface area contributed by atoms with Crippen molar-refractivity contribution in [1.29, 1.82) is 0 Å². The van der Waals surface area contributed by atoms with Crippen molar-refractivity contribution in [3.63, 3.8) is 0 Å². The summed E-state index contributed by atoms with van der Waals surface area (Å²) in [5, 5.41) is 0.432. The minimum Gasteiger partial charge on any atom is -0.465 e. The quantitative estimate of drug-likeness (QED) is 0.543. The summed E-state index contributed by atoms with van der Waals surface area (Å²) in [6.07, 6.45) is 5.71. The van der Waals surface area contributed by atoms with E-state index in [1.165, 1.54) is 39.4 Å². The number of esters is 2. The van der Waals surface area contributed by atoms with Crippen LogP contribution < -0.4 is 4.90 Å². The summed E-state index contributed by atoms with van der Waals surface area (Å²) < 4.78 is 20.2. The summed E-state index contributed by atoms with van der Waals surface area (Å²) in [6.45, 7) is 0. The first-order chi connectivity index (χ1) is 13.0. The molecule has 8 heteroatoms. The number of halogens is 1. The maximum atomic E-state index is 12.5. The van der Waals surface area contributed by atoms with Crippen LogP contribution in [0.5, 0.6) is 0 Å². The van der Waals surface area contributed by atoms with Crippen molar-refractivity contribution < 1.29 is 28.5 Å². The third-order valence-corrected chi connectivity index (χ3v) is 4.17. The number of carbonyl (C=O) groups is 2. The summed E-state index contributed by atoms with van der Waals surface area (Å²) in [7, 11) is 5.45. The van der Waals surface area contributed by atoms with Crippen LogP contribution in [0.3, 0.4) is 0 Å². The van der Waals surface area contributed by atoms with Gasteiger partial charge in [0.2, 0.25) is 0 Å². The van der Waals surface area contributed by atoms with Gasteiger partial charge in [0.1, 0.15) is 5.70 Å². The smallest absolute Gasteiger partial charge is 0.355 e. The molecule has 0 saturated carbocycles. The molecule has 27 heavy (non-hydrogen) atoms. The fourth-order valence-corrected chi connectivity index (χ4v) is 2.78. The Hall–Kier alpha value is -2.61. The van der Waals surface area contributed by atoms with Crippen molar-refractivity contribution in [2.45, 2.75) is 6.29 Å². The van der Waals surface area contributed by atoms with Gasteiger partial charge in [-0.1, -0.05) is 17.7 Å². The molecule has 2 rings (SSSR count). The van der Waals surface area contributed by atoms with E-state index >= 15 is 0 Å². The van der Waals surface area contributed by atoms with Gasteiger partial charge in [-0.25, -0.2) is 9.59 Å². The van der Waals surface area contributed by atoms with E-state index in [0.717, 1.165) is 0 Å². The molecule has 1 aromatic rings. The average molecular weight is 394 g/mol.